The summed E-state index contributed by atoms with van der Waals surface area (Å²) in [6.07, 6.45) is 0.841. The second-order valence-corrected chi connectivity index (χ2v) is 5.47. The summed E-state index contributed by atoms with van der Waals surface area (Å²) in [5.74, 6) is -1.06. The van der Waals surface area contributed by atoms with E-state index in [-0.39, 0.29) is 12.0 Å². The number of hydrogen-bond donors (Lipinski definition) is 1. The number of benzene rings is 1. The number of carbonyl (C=O) groups is 1. The number of fused-ring (bicyclic) bond motifs is 1. The van der Waals surface area contributed by atoms with Gasteiger partial charge in [-0.05, 0) is 51.3 Å². The van der Waals surface area contributed by atoms with Crippen molar-refractivity contribution in [3.05, 3.63) is 29.3 Å². The zero-order valence-corrected chi connectivity index (χ0v) is 11.5. The zero-order valence-electron chi connectivity index (χ0n) is 11.5. The van der Waals surface area contributed by atoms with Gasteiger partial charge in [0, 0.05) is 17.8 Å². The van der Waals surface area contributed by atoms with Crippen LogP contribution < -0.4 is 4.90 Å². The molecule has 98 valence electrons. The standard InChI is InChI=1S/C15H21NO2/c1-9(2)16-13-7-5-6-10(3)12(13)8-14(16)11(4)15(17)18/h5-7,9,11,14H,8H2,1-4H3,(H,17,18). The Hall–Kier alpha value is -1.51. The van der Waals surface area contributed by atoms with Gasteiger partial charge in [0.25, 0.3) is 0 Å². The normalized spacial score (nSPS) is 20.1. The van der Waals surface area contributed by atoms with E-state index < -0.39 is 5.97 Å². The molecule has 0 fully saturated rings. The lowest BCUT2D eigenvalue weighted by Crippen LogP contribution is -2.44. The van der Waals surface area contributed by atoms with E-state index in [0.717, 1.165) is 6.42 Å². The lowest BCUT2D eigenvalue weighted by atomic mass is 9.96. The summed E-state index contributed by atoms with van der Waals surface area (Å²) in [6.45, 7) is 8.16. The van der Waals surface area contributed by atoms with Crippen LogP contribution in [-0.2, 0) is 11.2 Å². The highest BCUT2D eigenvalue weighted by Gasteiger charge is 2.37. The number of aliphatic carboxylic acids is 1. The highest BCUT2D eigenvalue weighted by molar-refractivity contribution is 5.73. The van der Waals surface area contributed by atoms with Gasteiger partial charge in [0.05, 0.1) is 5.92 Å². The molecular weight excluding hydrogens is 226 g/mol. The van der Waals surface area contributed by atoms with E-state index >= 15 is 0 Å². The van der Waals surface area contributed by atoms with E-state index in [0.29, 0.717) is 6.04 Å². The van der Waals surface area contributed by atoms with Crippen molar-refractivity contribution in [3.63, 3.8) is 0 Å². The third kappa shape index (κ3) is 1.98. The minimum Gasteiger partial charge on any atom is -0.481 e. The number of carboxylic acid groups (broad SMARTS) is 1. The van der Waals surface area contributed by atoms with Gasteiger partial charge < -0.3 is 10.0 Å². The predicted octanol–water partition coefficient (Wildman–Crippen LogP) is 2.86. The number of aryl methyl sites for hydroxylation is 1. The van der Waals surface area contributed by atoms with Crippen molar-refractivity contribution in [1.29, 1.82) is 0 Å². The highest BCUT2D eigenvalue weighted by Crippen LogP contribution is 2.38. The van der Waals surface area contributed by atoms with E-state index in [1.54, 1.807) is 0 Å². The third-order valence-corrected chi connectivity index (χ3v) is 3.96. The Labute approximate surface area is 108 Å². The molecule has 0 aliphatic carbocycles. The maximum absolute atomic E-state index is 11.3. The molecule has 2 rings (SSSR count). The van der Waals surface area contributed by atoms with Crippen molar-refractivity contribution in [2.24, 2.45) is 5.92 Å². The minimum absolute atomic E-state index is 0.0681. The molecule has 18 heavy (non-hydrogen) atoms. The molecule has 2 atom stereocenters. The summed E-state index contributed by atoms with van der Waals surface area (Å²) >= 11 is 0. The van der Waals surface area contributed by atoms with Crippen molar-refractivity contribution >= 4 is 11.7 Å². The fourth-order valence-corrected chi connectivity index (χ4v) is 2.92. The third-order valence-electron chi connectivity index (χ3n) is 3.96. The fraction of sp³-hybridized carbons (Fsp3) is 0.533. The molecule has 0 aromatic heterocycles. The molecular formula is C15H21NO2. The molecule has 2 unspecified atom stereocenters. The topological polar surface area (TPSA) is 40.5 Å². The molecule has 0 bridgehead atoms. The second-order valence-electron chi connectivity index (χ2n) is 5.47. The molecule has 3 heteroatoms. The molecule has 1 heterocycles. The summed E-state index contributed by atoms with van der Waals surface area (Å²) in [6, 6.07) is 6.65. The van der Waals surface area contributed by atoms with Crippen molar-refractivity contribution in [2.45, 2.75) is 46.2 Å². The van der Waals surface area contributed by atoms with Gasteiger partial charge in [-0.25, -0.2) is 0 Å². The van der Waals surface area contributed by atoms with Gasteiger partial charge in [0.2, 0.25) is 0 Å². The molecule has 1 aliphatic rings. The molecule has 0 amide bonds. The molecule has 1 aromatic rings. The summed E-state index contributed by atoms with van der Waals surface area (Å²) in [7, 11) is 0. The maximum Gasteiger partial charge on any atom is 0.308 e. The van der Waals surface area contributed by atoms with Crippen LogP contribution in [0, 0.1) is 12.8 Å². The molecule has 0 saturated heterocycles. The van der Waals surface area contributed by atoms with Crippen LogP contribution in [0.4, 0.5) is 5.69 Å². The second kappa shape index (κ2) is 4.63. The minimum atomic E-state index is -0.712. The smallest absolute Gasteiger partial charge is 0.308 e. The predicted molar refractivity (Wildman–Crippen MR) is 73.1 cm³/mol. The number of nitrogens with zero attached hydrogens (tertiary/aromatic N) is 1. The largest absolute Gasteiger partial charge is 0.481 e. The summed E-state index contributed by atoms with van der Waals surface area (Å²) < 4.78 is 0. The lowest BCUT2D eigenvalue weighted by molar-refractivity contribution is -0.141. The van der Waals surface area contributed by atoms with Crippen molar-refractivity contribution in [2.75, 3.05) is 4.90 Å². The quantitative estimate of drug-likeness (QED) is 0.893. The van der Waals surface area contributed by atoms with Gasteiger partial charge in [-0.3, -0.25) is 4.79 Å². The van der Waals surface area contributed by atoms with Gasteiger partial charge in [-0.15, -0.1) is 0 Å². The van der Waals surface area contributed by atoms with E-state index in [4.69, 9.17) is 0 Å². The average Bonchev–Trinajstić information content (AvgIpc) is 2.68. The van der Waals surface area contributed by atoms with Crippen molar-refractivity contribution in [3.8, 4) is 0 Å². The number of carboxylic acids is 1. The summed E-state index contributed by atoms with van der Waals surface area (Å²) in [5, 5.41) is 9.26. The Kier molecular flexibility index (Phi) is 3.33. The van der Waals surface area contributed by atoms with Crippen LogP contribution in [0.2, 0.25) is 0 Å². The summed E-state index contributed by atoms with van der Waals surface area (Å²) in [4.78, 5) is 13.5. The Bertz CT molecular complexity index is 468. The highest BCUT2D eigenvalue weighted by atomic mass is 16.4. The zero-order chi connectivity index (χ0) is 13.4. The van der Waals surface area contributed by atoms with E-state index in [9.17, 15) is 9.90 Å². The van der Waals surface area contributed by atoms with E-state index in [1.165, 1.54) is 16.8 Å². The van der Waals surface area contributed by atoms with Gasteiger partial charge in [0.15, 0.2) is 0 Å². The van der Waals surface area contributed by atoms with Crippen molar-refractivity contribution in [1.82, 2.24) is 0 Å². The first kappa shape index (κ1) is 12.9. The van der Waals surface area contributed by atoms with Crippen LogP contribution in [0.3, 0.4) is 0 Å². The SMILES string of the molecule is Cc1cccc2c1CC(C(C)C(=O)O)N2C(C)C. The lowest BCUT2D eigenvalue weighted by Gasteiger charge is -2.33. The molecule has 1 aliphatic heterocycles. The molecule has 1 N–H and O–H groups in total. The Balaban J connectivity index is 2.43. The number of rotatable bonds is 3. The van der Waals surface area contributed by atoms with E-state index in [1.807, 2.05) is 6.92 Å². The first-order valence-electron chi connectivity index (χ1n) is 6.53. The van der Waals surface area contributed by atoms with Gasteiger partial charge in [-0.2, -0.15) is 0 Å². The molecule has 1 aromatic carbocycles. The molecule has 0 saturated carbocycles. The van der Waals surface area contributed by atoms with Crippen LogP contribution in [0.25, 0.3) is 0 Å². The average molecular weight is 247 g/mol. The first-order valence-corrected chi connectivity index (χ1v) is 6.53. The molecule has 0 radical (unpaired) electrons. The van der Waals surface area contributed by atoms with E-state index in [2.05, 4.69) is 43.9 Å². The van der Waals surface area contributed by atoms with Gasteiger partial charge in [-0.1, -0.05) is 12.1 Å². The monoisotopic (exact) mass is 247 g/mol. The van der Waals surface area contributed by atoms with Crippen LogP contribution >= 0.6 is 0 Å². The van der Waals surface area contributed by atoms with Crippen molar-refractivity contribution < 1.29 is 9.90 Å². The number of hydrogen-bond acceptors (Lipinski definition) is 2. The van der Waals surface area contributed by atoms with Crippen LogP contribution in [0.15, 0.2) is 18.2 Å². The fourth-order valence-electron chi connectivity index (χ4n) is 2.92. The Morgan fingerprint density at radius 2 is 2.06 bits per heavy atom. The Morgan fingerprint density at radius 3 is 2.61 bits per heavy atom. The maximum atomic E-state index is 11.3. The first-order chi connectivity index (χ1) is 8.43. The van der Waals surface area contributed by atoms with Crippen LogP contribution in [0.1, 0.15) is 31.9 Å². The number of anilines is 1. The Morgan fingerprint density at radius 1 is 1.39 bits per heavy atom. The van der Waals surface area contributed by atoms with Gasteiger partial charge >= 0.3 is 5.97 Å². The summed E-state index contributed by atoms with van der Waals surface area (Å²) in [5.41, 5.74) is 3.78. The van der Waals surface area contributed by atoms with Crippen LogP contribution in [-0.4, -0.2) is 23.2 Å². The van der Waals surface area contributed by atoms with Gasteiger partial charge in [0.1, 0.15) is 0 Å². The molecule has 3 nitrogen and oxygen atoms in total. The van der Waals surface area contributed by atoms with Crippen LogP contribution in [0.5, 0.6) is 0 Å². The molecule has 0 spiro atoms.